The Balaban J connectivity index is 1.68. The molecule has 4 nitrogen and oxygen atoms in total. The van der Waals surface area contributed by atoms with Gasteiger partial charge in [-0.25, -0.2) is 0 Å². The van der Waals surface area contributed by atoms with E-state index in [0.717, 1.165) is 32.1 Å². The van der Waals surface area contributed by atoms with Crippen LogP contribution in [0.3, 0.4) is 0 Å². The van der Waals surface area contributed by atoms with E-state index in [1.165, 1.54) is 6.42 Å². The first kappa shape index (κ1) is 15.8. The van der Waals surface area contributed by atoms with Crippen molar-refractivity contribution in [2.24, 2.45) is 35.0 Å². The Morgan fingerprint density at radius 3 is 2.27 bits per heavy atom. The quantitative estimate of drug-likeness (QED) is 0.863. The lowest BCUT2D eigenvalue weighted by Gasteiger charge is -2.40. The Bertz CT molecular complexity index is 473. The third-order valence-electron chi connectivity index (χ3n) is 6.22. The van der Waals surface area contributed by atoms with Gasteiger partial charge in [-0.2, -0.15) is 0 Å². The molecule has 3 rings (SSSR count). The van der Waals surface area contributed by atoms with Crippen LogP contribution < -0.4 is 10.4 Å². The number of amides is 1. The SMILES string of the molecule is C[C@H]1C[C@@H](NC(=O)[C@@H]2[C@@H]3CC[C@@H](C3)[C@@H]2C(=O)[O-])CC(C)(C)C1. The van der Waals surface area contributed by atoms with E-state index in [0.29, 0.717) is 5.92 Å². The summed E-state index contributed by atoms with van der Waals surface area (Å²) in [7, 11) is 0. The zero-order valence-electron chi connectivity index (χ0n) is 13.9. The summed E-state index contributed by atoms with van der Waals surface area (Å²) in [4.78, 5) is 24.2. The van der Waals surface area contributed by atoms with Crippen LogP contribution in [-0.4, -0.2) is 17.9 Å². The molecular formula is C18H28NO3-. The van der Waals surface area contributed by atoms with E-state index < -0.39 is 11.9 Å². The molecule has 22 heavy (non-hydrogen) atoms. The van der Waals surface area contributed by atoms with Crippen LogP contribution in [0.5, 0.6) is 0 Å². The molecule has 0 radical (unpaired) electrons. The fourth-order valence-electron chi connectivity index (χ4n) is 5.76. The molecule has 2 bridgehead atoms. The summed E-state index contributed by atoms with van der Waals surface area (Å²) in [6.45, 7) is 6.74. The topological polar surface area (TPSA) is 69.2 Å². The fraction of sp³-hybridized carbons (Fsp3) is 0.889. The van der Waals surface area contributed by atoms with Gasteiger partial charge in [0, 0.05) is 23.8 Å². The van der Waals surface area contributed by atoms with Crippen molar-refractivity contribution >= 4 is 11.9 Å². The largest absolute Gasteiger partial charge is 0.550 e. The van der Waals surface area contributed by atoms with Gasteiger partial charge < -0.3 is 15.2 Å². The number of carbonyl (C=O) groups excluding carboxylic acids is 2. The second kappa shape index (κ2) is 5.54. The lowest BCUT2D eigenvalue weighted by atomic mass is 9.70. The fourth-order valence-corrected chi connectivity index (χ4v) is 5.76. The van der Waals surface area contributed by atoms with Gasteiger partial charge in [-0.15, -0.1) is 0 Å². The molecule has 0 aliphatic heterocycles. The monoisotopic (exact) mass is 306 g/mol. The zero-order chi connectivity index (χ0) is 16.1. The molecule has 6 atom stereocenters. The highest BCUT2D eigenvalue weighted by Gasteiger charge is 2.51. The average Bonchev–Trinajstić information content (AvgIpc) is 2.95. The number of aliphatic carboxylic acids is 1. The Kier molecular flexibility index (Phi) is 3.98. The third kappa shape index (κ3) is 2.89. The molecule has 0 heterocycles. The summed E-state index contributed by atoms with van der Waals surface area (Å²) in [6, 6.07) is 0.188. The lowest BCUT2D eigenvalue weighted by Crippen LogP contribution is -2.50. The molecule has 3 aliphatic carbocycles. The standard InChI is InChI=1S/C18H29NO3/c1-10-6-13(9-18(2,3)8-10)19-16(20)14-11-4-5-12(7-11)15(14)17(21)22/h10-15H,4-9H2,1-3H3,(H,19,20)(H,21,22)/p-1/t10-,11+,12-,13+,14+,15-/m0/s1. The van der Waals surface area contributed by atoms with Gasteiger partial charge in [-0.1, -0.05) is 20.8 Å². The van der Waals surface area contributed by atoms with Crippen molar-refractivity contribution in [2.45, 2.75) is 65.3 Å². The van der Waals surface area contributed by atoms with Crippen LogP contribution in [0.1, 0.15) is 59.3 Å². The normalized spacial score (nSPS) is 43.0. The van der Waals surface area contributed by atoms with Crippen molar-refractivity contribution in [1.82, 2.24) is 5.32 Å². The van der Waals surface area contributed by atoms with Gasteiger partial charge in [-0.3, -0.25) is 4.79 Å². The van der Waals surface area contributed by atoms with Crippen molar-refractivity contribution in [2.75, 3.05) is 0 Å². The molecule has 0 unspecified atom stereocenters. The highest BCUT2D eigenvalue weighted by molar-refractivity contribution is 5.85. The number of carbonyl (C=O) groups is 2. The molecule has 0 spiro atoms. The molecule has 0 saturated heterocycles. The van der Waals surface area contributed by atoms with Crippen LogP contribution >= 0.6 is 0 Å². The molecule has 124 valence electrons. The molecule has 0 aromatic heterocycles. The molecule has 3 fully saturated rings. The highest BCUT2D eigenvalue weighted by Crippen LogP contribution is 2.52. The predicted molar refractivity (Wildman–Crippen MR) is 81.5 cm³/mol. The second-order valence-electron chi connectivity index (χ2n) is 8.82. The molecule has 0 aromatic rings. The van der Waals surface area contributed by atoms with Crippen molar-refractivity contribution in [3.05, 3.63) is 0 Å². The minimum absolute atomic E-state index is 0.0312. The van der Waals surface area contributed by atoms with Crippen molar-refractivity contribution in [3.8, 4) is 0 Å². The number of nitrogens with one attached hydrogen (secondary N) is 1. The Hall–Kier alpha value is -1.06. The zero-order valence-corrected chi connectivity index (χ0v) is 13.9. The number of hydrogen-bond donors (Lipinski definition) is 1. The van der Waals surface area contributed by atoms with Crippen molar-refractivity contribution in [3.63, 3.8) is 0 Å². The first-order chi connectivity index (χ1) is 10.3. The van der Waals surface area contributed by atoms with Gasteiger partial charge in [0.05, 0.1) is 0 Å². The first-order valence-corrected chi connectivity index (χ1v) is 8.78. The van der Waals surface area contributed by atoms with Gasteiger partial charge in [0.25, 0.3) is 0 Å². The smallest absolute Gasteiger partial charge is 0.224 e. The first-order valence-electron chi connectivity index (χ1n) is 8.78. The van der Waals surface area contributed by atoms with E-state index in [-0.39, 0.29) is 35.1 Å². The Morgan fingerprint density at radius 1 is 1.05 bits per heavy atom. The van der Waals surface area contributed by atoms with E-state index in [9.17, 15) is 14.7 Å². The molecule has 1 amide bonds. The van der Waals surface area contributed by atoms with Crippen LogP contribution in [0.4, 0.5) is 0 Å². The molecule has 4 heteroatoms. The Morgan fingerprint density at radius 2 is 1.68 bits per heavy atom. The van der Waals surface area contributed by atoms with Gasteiger partial charge in [0.2, 0.25) is 5.91 Å². The summed E-state index contributed by atoms with van der Waals surface area (Å²) in [6.07, 6.45) is 6.02. The van der Waals surface area contributed by atoms with Crippen molar-refractivity contribution < 1.29 is 14.7 Å². The lowest BCUT2D eigenvalue weighted by molar-refractivity contribution is -0.314. The summed E-state index contributed by atoms with van der Waals surface area (Å²) in [5, 5.41) is 14.6. The maximum absolute atomic E-state index is 12.7. The molecule has 0 aromatic carbocycles. The highest BCUT2D eigenvalue weighted by atomic mass is 16.4. The third-order valence-corrected chi connectivity index (χ3v) is 6.22. The Labute approximate surface area is 133 Å². The van der Waals surface area contributed by atoms with E-state index in [1.54, 1.807) is 0 Å². The van der Waals surface area contributed by atoms with Crippen LogP contribution in [-0.2, 0) is 9.59 Å². The molecule has 3 saturated carbocycles. The molecular weight excluding hydrogens is 278 g/mol. The van der Waals surface area contributed by atoms with Gasteiger partial charge in [0.1, 0.15) is 0 Å². The van der Waals surface area contributed by atoms with E-state index in [1.807, 2.05) is 0 Å². The summed E-state index contributed by atoms with van der Waals surface area (Å²) in [5.41, 5.74) is 0.248. The summed E-state index contributed by atoms with van der Waals surface area (Å²) in [5.74, 6) is -0.960. The summed E-state index contributed by atoms with van der Waals surface area (Å²) >= 11 is 0. The minimum Gasteiger partial charge on any atom is -0.550 e. The van der Waals surface area contributed by atoms with Gasteiger partial charge in [-0.05, 0) is 61.7 Å². The molecule has 1 N–H and O–H groups in total. The van der Waals surface area contributed by atoms with Crippen molar-refractivity contribution in [1.29, 1.82) is 0 Å². The van der Waals surface area contributed by atoms with Crippen LogP contribution in [0, 0.1) is 35.0 Å². The molecule has 3 aliphatic rings. The van der Waals surface area contributed by atoms with Crippen LogP contribution in [0.15, 0.2) is 0 Å². The maximum atomic E-state index is 12.7. The number of hydrogen-bond acceptors (Lipinski definition) is 3. The predicted octanol–water partition coefficient (Wildman–Crippen LogP) is 1.73. The number of carboxylic acid groups (broad SMARTS) is 1. The summed E-state index contributed by atoms with van der Waals surface area (Å²) < 4.78 is 0. The number of carboxylic acids is 1. The van der Waals surface area contributed by atoms with Gasteiger partial charge in [0.15, 0.2) is 0 Å². The van der Waals surface area contributed by atoms with Crippen LogP contribution in [0.25, 0.3) is 0 Å². The van der Waals surface area contributed by atoms with Crippen LogP contribution in [0.2, 0.25) is 0 Å². The maximum Gasteiger partial charge on any atom is 0.224 e. The van der Waals surface area contributed by atoms with E-state index in [2.05, 4.69) is 26.1 Å². The van der Waals surface area contributed by atoms with Gasteiger partial charge >= 0.3 is 0 Å². The minimum atomic E-state index is -1.02. The average molecular weight is 306 g/mol. The second-order valence-corrected chi connectivity index (χ2v) is 8.82. The number of rotatable bonds is 3. The van der Waals surface area contributed by atoms with E-state index >= 15 is 0 Å². The number of fused-ring (bicyclic) bond motifs is 2. The van der Waals surface area contributed by atoms with E-state index in [4.69, 9.17) is 0 Å².